The van der Waals surface area contributed by atoms with Crippen molar-refractivity contribution in [1.82, 2.24) is 5.32 Å². The second-order valence-corrected chi connectivity index (χ2v) is 2.85. The number of allylic oxidation sites excluding steroid dienone is 2. The molecule has 0 unspecified atom stereocenters. The fourth-order valence-corrected chi connectivity index (χ4v) is 1.19. The minimum atomic E-state index is -0.0834. The number of amides is 1. The maximum Gasteiger partial charge on any atom is 0.228 e. The van der Waals surface area contributed by atoms with Crippen LogP contribution in [0.3, 0.4) is 0 Å². The first-order valence-corrected chi connectivity index (χ1v) is 3.79. The molecule has 4 heteroatoms. The lowest BCUT2D eigenvalue weighted by Crippen LogP contribution is -2.14. The summed E-state index contributed by atoms with van der Waals surface area (Å²) in [6.45, 7) is 3.52. The van der Waals surface area contributed by atoms with Crippen molar-refractivity contribution in [1.29, 1.82) is 0 Å². The van der Waals surface area contributed by atoms with Crippen LogP contribution in [0.2, 0.25) is 0 Å². The Morgan fingerprint density at radius 1 is 1.75 bits per heavy atom. The number of rotatable bonds is 2. The summed E-state index contributed by atoms with van der Waals surface area (Å²) in [5.74, 6) is -0.0834. The molecule has 3 nitrogen and oxygen atoms in total. The molecular formula is C8H9ClN2O. The Morgan fingerprint density at radius 2 is 2.42 bits per heavy atom. The van der Waals surface area contributed by atoms with E-state index in [1.807, 2.05) is 0 Å². The van der Waals surface area contributed by atoms with Crippen LogP contribution in [0.1, 0.15) is 6.42 Å². The summed E-state index contributed by atoms with van der Waals surface area (Å²) in [7, 11) is 0. The van der Waals surface area contributed by atoms with Gasteiger partial charge in [0, 0.05) is 0 Å². The molecule has 0 saturated carbocycles. The maximum absolute atomic E-state index is 10.9. The van der Waals surface area contributed by atoms with Crippen LogP contribution in [0.25, 0.3) is 0 Å². The molecule has 0 spiro atoms. The molecule has 0 aromatic heterocycles. The van der Waals surface area contributed by atoms with Crippen molar-refractivity contribution < 1.29 is 4.79 Å². The van der Waals surface area contributed by atoms with Gasteiger partial charge in [-0.2, -0.15) is 0 Å². The van der Waals surface area contributed by atoms with Crippen LogP contribution < -0.4 is 11.1 Å². The molecule has 0 aromatic carbocycles. The molecule has 0 saturated heterocycles. The van der Waals surface area contributed by atoms with Crippen LogP contribution in [-0.2, 0) is 4.79 Å². The van der Waals surface area contributed by atoms with Crippen LogP contribution in [0.4, 0.5) is 0 Å². The highest BCUT2D eigenvalue weighted by atomic mass is 35.5. The highest BCUT2D eigenvalue weighted by molar-refractivity contribution is 6.32. The van der Waals surface area contributed by atoms with Gasteiger partial charge in [0.2, 0.25) is 5.91 Å². The first kappa shape index (κ1) is 8.87. The van der Waals surface area contributed by atoms with Crippen LogP contribution in [0, 0.1) is 0 Å². The summed E-state index contributed by atoms with van der Waals surface area (Å²) in [5, 5.41) is 2.92. The first-order chi connectivity index (χ1) is 5.65. The molecule has 12 heavy (non-hydrogen) atoms. The molecule has 64 valence electrons. The Bertz CT molecular complexity index is 291. The average molecular weight is 185 g/mol. The number of nitrogens with one attached hydrogen (secondary N) is 1. The van der Waals surface area contributed by atoms with Crippen molar-refractivity contribution in [3.63, 3.8) is 0 Å². The van der Waals surface area contributed by atoms with Crippen molar-refractivity contribution in [2.75, 3.05) is 0 Å². The van der Waals surface area contributed by atoms with Gasteiger partial charge in [-0.25, -0.2) is 0 Å². The predicted molar refractivity (Wildman–Crippen MR) is 48.1 cm³/mol. The molecule has 0 fully saturated rings. The highest BCUT2D eigenvalue weighted by Gasteiger charge is 2.19. The van der Waals surface area contributed by atoms with E-state index in [1.165, 1.54) is 6.20 Å². The van der Waals surface area contributed by atoms with Gasteiger partial charge in [0.25, 0.3) is 0 Å². The average Bonchev–Trinajstić information content (AvgIpc) is 2.32. The number of hydrogen-bond donors (Lipinski definition) is 2. The lowest BCUT2D eigenvalue weighted by molar-refractivity contribution is -0.118. The summed E-state index contributed by atoms with van der Waals surface area (Å²) >= 11 is 5.64. The Hall–Kier alpha value is -1.22. The van der Waals surface area contributed by atoms with Crippen molar-refractivity contribution >= 4 is 17.5 Å². The maximum atomic E-state index is 10.9. The van der Waals surface area contributed by atoms with Gasteiger partial charge in [-0.1, -0.05) is 18.2 Å². The summed E-state index contributed by atoms with van der Waals surface area (Å²) in [4.78, 5) is 10.9. The minimum Gasteiger partial charge on any atom is -0.405 e. The third kappa shape index (κ3) is 1.68. The largest absolute Gasteiger partial charge is 0.405 e. The molecule has 0 radical (unpaired) electrons. The Balaban J connectivity index is 2.96. The van der Waals surface area contributed by atoms with Crippen molar-refractivity contribution in [2.45, 2.75) is 6.42 Å². The molecule has 1 heterocycles. The molecule has 0 bridgehead atoms. The molecule has 0 aliphatic carbocycles. The van der Waals surface area contributed by atoms with Crippen LogP contribution >= 0.6 is 11.6 Å². The van der Waals surface area contributed by atoms with E-state index in [2.05, 4.69) is 11.9 Å². The third-order valence-electron chi connectivity index (χ3n) is 1.51. The van der Waals surface area contributed by atoms with Gasteiger partial charge in [0.15, 0.2) is 0 Å². The molecule has 1 rings (SSSR count). The topological polar surface area (TPSA) is 55.1 Å². The van der Waals surface area contributed by atoms with Gasteiger partial charge < -0.3 is 11.1 Å². The van der Waals surface area contributed by atoms with E-state index in [4.69, 9.17) is 17.3 Å². The summed E-state index contributed by atoms with van der Waals surface area (Å²) in [5.41, 5.74) is 6.54. The predicted octanol–water partition coefficient (Wildman–Crippen LogP) is 0.985. The van der Waals surface area contributed by atoms with E-state index >= 15 is 0 Å². The standard InChI is InChI=1S/C8H9ClN2O/c1-5(9)8-6(2-3-10)4-7(12)11-8/h2-3H,1,4,10H2,(H,11,12)/b3-2+. The molecule has 0 atom stereocenters. The minimum absolute atomic E-state index is 0.0834. The number of nitrogens with two attached hydrogens (primary N) is 1. The zero-order valence-corrected chi connectivity index (χ0v) is 7.19. The zero-order chi connectivity index (χ0) is 9.14. The van der Waals surface area contributed by atoms with E-state index in [0.717, 1.165) is 5.57 Å². The van der Waals surface area contributed by atoms with Crippen LogP contribution in [0.5, 0.6) is 0 Å². The van der Waals surface area contributed by atoms with Crippen molar-refractivity contribution in [3.8, 4) is 0 Å². The Morgan fingerprint density at radius 3 is 2.92 bits per heavy atom. The molecule has 1 aliphatic rings. The van der Waals surface area contributed by atoms with Crippen LogP contribution in [-0.4, -0.2) is 5.91 Å². The molecule has 3 N–H and O–H groups in total. The monoisotopic (exact) mass is 184 g/mol. The van der Waals surface area contributed by atoms with E-state index in [0.29, 0.717) is 17.2 Å². The summed E-state index contributed by atoms with van der Waals surface area (Å²) < 4.78 is 0. The molecule has 0 aromatic rings. The first-order valence-electron chi connectivity index (χ1n) is 3.41. The second kappa shape index (κ2) is 3.45. The van der Waals surface area contributed by atoms with E-state index in [9.17, 15) is 4.79 Å². The summed E-state index contributed by atoms with van der Waals surface area (Å²) in [6, 6.07) is 0. The second-order valence-electron chi connectivity index (χ2n) is 2.39. The van der Waals surface area contributed by atoms with Gasteiger partial charge in [-0.3, -0.25) is 4.79 Å². The lowest BCUT2D eigenvalue weighted by Gasteiger charge is -1.99. The van der Waals surface area contributed by atoms with E-state index in [-0.39, 0.29) is 5.91 Å². The fraction of sp³-hybridized carbons (Fsp3) is 0.125. The SMILES string of the molecule is C=C(Cl)C1=C(/C=C/N)CC(=O)N1. The van der Waals surface area contributed by atoms with Gasteiger partial charge >= 0.3 is 0 Å². The Labute approximate surface area is 75.6 Å². The van der Waals surface area contributed by atoms with Crippen LogP contribution in [0.15, 0.2) is 35.2 Å². The number of carbonyl (C=O) groups is 1. The third-order valence-corrected chi connectivity index (χ3v) is 1.69. The lowest BCUT2D eigenvalue weighted by atomic mass is 10.2. The smallest absolute Gasteiger partial charge is 0.228 e. The molecule has 1 amide bonds. The van der Waals surface area contributed by atoms with Gasteiger partial charge in [0.05, 0.1) is 17.2 Å². The quantitative estimate of drug-likeness (QED) is 0.673. The van der Waals surface area contributed by atoms with Gasteiger partial charge in [-0.15, -0.1) is 0 Å². The van der Waals surface area contributed by atoms with Gasteiger partial charge in [0.1, 0.15) is 0 Å². The Kier molecular flexibility index (Phi) is 2.55. The van der Waals surface area contributed by atoms with E-state index in [1.54, 1.807) is 6.08 Å². The fourth-order valence-electron chi connectivity index (χ4n) is 1.03. The zero-order valence-electron chi connectivity index (χ0n) is 6.43. The number of carbonyl (C=O) groups excluding carboxylic acids is 1. The van der Waals surface area contributed by atoms with Crippen molar-refractivity contribution in [2.24, 2.45) is 5.73 Å². The number of halogens is 1. The van der Waals surface area contributed by atoms with Crippen molar-refractivity contribution in [3.05, 3.63) is 35.2 Å². The normalized spacial score (nSPS) is 17.2. The summed E-state index contributed by atoms with van der Waals surface area (Å²) in [6.07, 6.45) is 3.32. The van der Waals surface area contributed by atoms with E-state index < -0.39 is 0 Å². The highest BCUT2D eigenvalue weighted by Crippen LogP contribution is 2.22. The van der Waals surface area contributed by atoms with Gasteiger partial charge in [-0.05, 0) is 17.8 Å². The molecule has 1 aliphatic heterocycles. The number of hydrogen-bond acceptors (Lipinski definition) is 2. The molecular weight excluding hydrogens is 176 g/mol.